The van der Waals surface area contributed by atoms with Crippen molar-refractivity contribution in [1.82, 2.24) is 9.78 Å². The number of aromatic nitrogens is 2. The second-order valence-electron chi connectivity index (χ2n) is 5.22. The first kappa shape index (κ1) is 13.1. The molecule has 0 aliphatic heterocycles. The van der Waals surface area contributed by atoms with Crippen molar-refractivity contribution in [3.05, 3.63) is 15.9 Å². The van der Waals surface area contributed by atoms with Gasteiger partial charge in [-0.2, -0.15) is 5.10 Å². The fourth-order valence-corrected chi connectivity index (χ4v) is 3.41. The minimum Gasteiger partial charge on any atom is -0.327 e. The molecule has 0 aromatic carbocycles. The summed E-state index contributed by atoms with van der Waals surface area (Å²) >= 11 is 3.61. The molecule has 1 aliphatic rings. The summed E-state index contributed by atoms with van der Waals surface area (Å²) in [4.78, 5) is 0. The van der Waals surface area contributed by atoms with E-state index in [-0.39, 0.29) is 0 Å². The molecule has 17 heavy (non-hydrogen) atoms. The summed E-state index contributed by atoms with van der Waals surface area (Å²) in [5.41, 5.74) is 8.63. The topological polar surface area (TPSA) is 43.8 Å². The highest BCUT2D eigenvalue weighted by molar-refractivity contribution is 9.10. The third kappa shape index (κ3) is 2.91. The van der Waals surface area contributed by atoms with Gasteiger partial charge in [-0.25, -0.2) is 0 Å². The van der Waals surface area contributed by atoms with E-state index in [1.165, 1.54) is 31.4 Å². The Morgan fingerprint density at radius 1 is 1.47 bits per heavy atom. The van der Waals surface area contributed by atoms with Crippen molar-refractivity contribution in [2.45, 2.75) is 51.5 Å². The largest absolute Gasteiger partial charge is 0.327 e. The van der Waals surface area contributed by atoms with Crippen LogP contribution in [-0.2, 0) is 13.5 Å². The maximum absolute atomic E-state index is 6.29. The summed E-state index contributed by atoms with van der Waals surface area (Å²) in [6.07, 6.45) is 7.48. The molecule has 1 unspecified atom stereocenters. The molecule has 1 aliphatic carbocycles. The van der Waals surface area contributed by atoms with Crippen molar-refractivity contribution in [2.24, 2.45) is 18.7 Å². The average molecular weight is 300 g/mol. The summed E-state index contributed by atoms with van der Waals surface area (Å²) in [7, 11) is 2.01. The molecule has 0 spiro atoms. The number of hydrogen-bond acceptors (Lipinski definition) is 2. The second kappa shape index (κ2) is 5.53. The maximum Gasteiger partial charge on any atom is 0.0738 e. The van der Waals surface area contributed by atoms with Crippen LogP contribution in [0.25, 0.3) is 0 Å². The Bertz CT molecular complexity index is 380. The Labute approximate surface area is 112 Å². The van der Waals surface area contributed by atoms with Crippen LogP contribution in [0.4, 0.5) is 0 Å². The lowest BCUT2D eigenvalue weighted by molar-refractivity contribution is 0.407. The monoisotopic (exact) mass is 299 g/mol. The zero-order valence-electron chi connectivity index (χ0n) is 10.7. The molecule has 96 valence electrons. The highest BCUT2D eigenvalue weighted by atomic mass is 79.9. The van der Waals surface area contributed by atoms with Crippen LogP contribution in [0.15, 0.2) is 4.47 Å². The van der Waals surface area contributed by atoms with Gasteiger partial charge >= 0.3 is 0 Å². The first-order chi connectivity index (χ1) is 8.09. The first-order valence-electron chi connectivity index (χ1n) is 6.53. The van der Waals surface area contributed by atoms with Gasteiger partial charge in [0.2, 0.25) is 0 Å². The SMILES string of the molecule is Cc1nn(C)c(CCC(N)C2CCCC2)c1Br. The van der Waals surface area contributed by atoms with Gasteiger partial charge in [-0.15, -0.1) is 0 Å². The molecule has 1 fully saturated rings. The molecule has 2 rings (SSSR count). The van der Waals surface area contributed by atoms with Gasteiger partial charge in [-0.1, -0.05) is 12.8 Å². The van der Waals surface area contributed by atoms with Crippen molar-refractivity contribution >= 4 is 15.9 Å². The van der Waals surface area contributed by atoms with Gasteiger partial charge in [0, 0.05) is 13.1 Å². The van der Waals surface area contributed by atoms with Crippen LogP contribution in [0.3, 0.4) is 0 Å². The Morgan fingerprint density at radius 2 is 2.12 bits per heavy atom. The fourth-order valence-electron chi connectivity index (χ4n) is 2.88. The van der Waals surface area contributed by atoms with Crippen molar-refractivity contribution in [3.8, 4) is 0 Å². The van der Waals surface area contributed by atoms with Crippen LogP contribution < -0.4 is 5.73 Å². The quantitative estimate of drug-likeness (QED) is 0.929. The van der Waals surface area contributed by atoms with E-state index in [1.54, 1.807) is 0 Å². The second-order valence-corrected chi connectivity index (χ2v) is 6.01. The van der Waals surface area contributed by atoms with Crippen molar-refractivity contribution < 1.29 is 0 Å². The molecule has 1 aromatic heterocycles. The molecule has 1 atom stereocenters. The summed E-state index contributed by atoms with van der Waals surface area (Å²) in [5.74, 6) is 0.753. The summed E-state index contributed by atoms with van der Waals surface area (Å²) in [6, 6.07) is 0.361. The summed E-state index contributed by atoms with van der Waals surface area (Å²) in [5, 5.41) is 4.42. The standard InChI is InChI=1S/C13H22BrN3/c1-9-13(14)12(17(2)16-9)8-7-11(15)10-5-3-4-6-10/h10-11H,3-8,15H2,1-2H3. The molecule has 0 amide bonds. The highest BCUT2D eigenvalue weighted by Gasteiger charge is 2.22. The van der Waals surface area contributed by atoms with Crippen LogP contribution in [0.1, 0.15) is 43.5 Å². The van der Waals surface area contributed by atoms with Crippen molar-refractivity contribution in [3.63, 3.8) is 0 Å². The van der Waals surface area contributed by atoms with E-state index in [4.69, 9.17) is 5.73 Å². The normalized spacial score (nSPS) is 18.8. The van der Waals surface area contributed by atoms with E-state index in [9.17, 15) is 0 Å². The van der Waals surface area contributed by atoms with Gasteiger partial charge in [0.05, 0.1) is 15.9 Å². The van der Waals surface area contributed by atoms with E-state index < -0.39 is 0 Å². The van der Waals surface area contributed by atoms with Gasteiger partial charge in [0.1, 0.15) is 0 Å². The lowest BCUT2D eigenvalue weighted by atomic mass is 9.94. The van der Waals surface area contributed by atoms with Crippen LogP contribution >= 0.6 is 15.9 Å². The predicted molar refractivity (Wildman–Crippen MR) is 73.9 cm³/mol. The maximum atomic E-state index is 6.29. The molecule has 4 heteroatoms. The van der Waals surface area contributed by atoms with Crippen LogP contribution in [0, 0.1) is 12.8 Å². The molecule has 0 saturated heterocycles. The minimum atomic E-state index is 0.361. The molecular formula is C13H22BrN3. The molecule has 1 heterocycles. The number of nitrogens with zero attached hydrogens (tertiary/aromatic N) is 2. The molecule has 0 bridgehead atoms. The number of hydrogen-bond donors (Lipinski definition) is 1. The van der Waals surface area contributed by atoms with Gasteiger partial charge in [-0.3, -0.25) is 4.68 Å². The Morgan fingerprint density at radius 3 is 2.65 bits per heavy atom. The molecule has 1 saturated carbocycles. The minimum absolute atomic E-state index is 0.361. The van der Waals surface area contributed by atoms with Gasteiger partial charge in [-0.05, 0) is 54.5 Å². The lowest BCUT2D eigenvalue weighted by Crippen LogP contribution is -2.29. The predicted octanol–water partition coefficient (Wildman–Crippen LogP) is 2.94. The number of rotatable bonds is 4. The van der Waals surface area contributed by atoms with Gasteiger partial charge < -0.3 is 5.73 Å². The van der Waals surface area contributed by atoms with E-state index >= 15 is 0 Å². The zero-order chi connectivity index (χ0) is 12.4. The van der Waals surface area contributed by atoms with Gasteiger partial charge in [0.15, 0.2) is 0 Å². The lowest BCUT2D eigenvalue weighted by Gasteiger charge is -2.18. The number of nitrogens with two attached hydrogens (primary N) is 1. The molecular weight excluding hydrogens is 278 g/mol. The van der Waals surface area contributed by atoms with E-state index in [1.807, 2.05) is 18.7 Å². The van der Waals surface area contributed by atoms with E-state index in [2.05, 4.69) is 21.0 Å². The fraction of sp³-hybridized carbons (Fsp3) is 0.769. The molecule has 2 N–H and O–H groups in total. The molecule has 3 nitrogen and oxygen atoms in total. The third-order valence-corrected chi connectivity index (χ3v) is 5.01. The highest BCUT2D eigenvalue weighted by Crippen LogP contribution is 2.29. The van der Waals surface area contributed by atoms with Crippen molar-refractivity contribution in [2.75, 3.05) is 0 Å². The Kier molecular flexibility index (Phi) is 4.26. The van der Waals surface area contributed by atoms with Crippen molar-refractivity contribution in [1.29, 1.82) is 0 Å². The Balaban J connectivity index is 1.92. The number of halogens is 1. The molecule has 0 radical (unpaired) electrons. The summed E-state index contributed by atoms with van der Waals surface area (Å²) < 4.78 is 3.12. The number of aryl methyl sites for hydroxylation is 2. The van der Waals surface area contributed by atoms with Gasteiger partial charge in [0.25, 0.3) is 0 Å². The van der Waals surface area contributed by atoms with E-state index in [0.29, 0.717) is 6.04 Å². The average Bonchev–Trinajstić information content (AvgIpc) is 2.88. The molecule has 1 aromatic rings. The smallest absolute Gasteiger partial charge is 0.0738 e. The van der Waals surface area contributed by atoms with Crippen LogP contribution in [0.5, 0.6) is 0 Å². The summed E-state index contributed by atoms with van der Waals surface area (Å²) in [6.45, 7) is 2.03. The van der Waals surface area contributed by atoms with E-state index in [0.717, 1.165) is 28.9 Å². The zero-order valence-corrected chi connectivity index (χ0v) is 12.3. The third-order valence-electron chi connectivity index (χ3n) is 3.98. The van der Waals surface area contributed by atoms with Crippen LogP contribution in [0.2, 0.25) is 0 Å². The van der Waals surface area contributed by atoms with Crippen LogP contribution in [-0.4, -0.2) is 15.8 Å². The first-order valence-corrected chi connectivity index (χ1v) is 7.32. The Hall–Kier alpha value is -0.350.